The van der Waals surface area contributed by atoms with Gasteiger partial charge in [-0.05, 0) is 61.6 Å². The van der Waals surface area contributed by atoms with Crippen LogP contribution in [0.15, 0.2) is 110 Å². The van der Waals surface area contributed by atoms with Crippen LogP contribution in [0.4, 0.5) is 5.69 Å². The third kappa shape index (κ3) is 5.92. The van der Waals surface area contributed by atoms with E-state index in [4.69, 9.17) is 9.47 Å². The molecule has 3 aromatic rings. The van der Waals surface area contributed by atoms with E-state index < -0.39 is 41.7 Å². The second kappa shape index (κ2) is 14.6. The smallest absolute Gasteiger partial charge is 0.249 e. The van der Waals surface area contributed by atoms with Gasteiger partial charge in [-0.2, -0.15) is 0 Å². The Morgan fingerprint density at radius 3 is 2.22 bits per heavy atom. The van der Waals surface area contributed by atoms with Gasteiger partial charge in [-0.15, -0.1) is 13.2 Å². The number of hydrogen-bond acceptors (Lipinski definition) is 6. The van der Waals surface area contributed by atoms with E-state index in [0.717, 1.165) is 5.56 Å². The molecule has 3 fully saturated rings. The molecule has 0 saturated carbocycles. The fourth-order valence-electron chi connectivity index (χ4n) is 8.55. The van der Waals surface area contributed by atoms with Crippen molar-refractivity contribution in [1.82, 2.24) is 9.80 Å². The molecule has 1 N–H and O–H groups in total. The van der Waals surface area contributed by atoms with Crippen LogP contribution in [-0.4, -0.2) is 76.2 Å². The molecule has 3 aliphatic rings. The fourth-order valence-corrected chi connectivity index (χ4v) is 8.55. The summed E-state index contributed by atoms with van der Waals surface area (Å²) in [5, 5.41) is 10.9. The molecule has 0 radical (unpaired) electrons. The quantitative estimate of drug-likeness (QED) is 0.207. The van der Waals surface area contributed by atoms with E-state index in [1.165, 1.54) is 4.90 Å². The number of benzene rings is 3. The maximum Gasteiger partial charge on any atom is 0.249 e. The first-order chi connectivity index (χ1) is 24.3. The summed E-state index contributed by atoms with van der Waals surface area (Å²) in [5.41, 5.74) is 0.0489. The first-order valence-corrected chi connectivity index (χ1v) is 17.6. The van der Waals surface area contributed by atoms with Crippen molar-refractivity contribution in [2.45, 2.75) is 62.9 Å². The van der Waals surface area contributed by atoms with E-state index in [0.29, 0.717) is 49.4 Å². The van der Waals surface area contributed by atoms with Crippen LogP contribution in [0.5, 0.6) is 5.75 Å². The standard InChI is InChI=1S/C41H47N3O6/c1-5-25-42(27-29-15-11-9-12-16-29)39(48)36-41-24-23-40(7-3,50-41)34(35(41)38(47)44(36)33(28-45)30-17-13-10-14-18-30)37(46)43(26-6-2)31-19-21-32(22-20-31)49-8-4/h5-6,9-22,33-36,45H,1-2,7-8,23-28H2,3-4H3/t33-,34-,35+,36?,40+,41?/m1/s1. The Morgan fingerprint density at radius 1 is 0.960 bits per heavy atom. The molecule has 6 atom stereocenters. The Bertz CT molecular complexity index is 1700. The van der Waals surface area contributed by atoms with Crippen LogP contribution in [0, 0.1) is 11.8 Å². The summed E-state index contributed by atoms with van der Waals surface area (Å²) < 4.78 is 12.7. The van der Waals surface area contributed by atoms with E-state index in [9.17, 15) is 9.90 Å². The molecule has 3 heterocycles. The molecule has 1 spiro atoms. The molecule has 3 aromatic carbocycles. The summed E-state index contributed by atoms with van der Waals surface area (Å²) >= 11 is 0. The number of anilines is 1. The van der Waals surface area contributed by atoms with Crippen LogP contribution in [-0.2, 0) is 25.7 Å². The average Bonchev–Trinajstić information content (AvgIpc) is 3.75. The molecule has 3 amide bonds. The lowest BCUT2D eigenvalue weighted by molar-refractivity contribution is -0.156. The van der Waals surface area contributed by atoms with Crippen LogP contribution < -0.4 is 9.64 Å². The summed E-state index contributed by atoms with van der Waals surface area (Å²) in [6.45, 7) is 12.6. The predicted molar refractivity (Wildman–Crippen MR) is 192 cm³/mol. The fraction of sp³-hybridized carbons (Fsp3) is 0.390. The number of likely N-dealkylation sites (tertiary alicyclic amines) is 1. The van der Waals surface area contributed by atoms with Crippen LogP contribution in [0.25, 0.3) is 0 Å². The third-order valence-corrected chi connectivity index (χ3v) is 10.7. The number of amides is 3. The van der Waals surface area contributed by atoms with Crippen LogP contribution in [0.1, 0.15) is 50.3 Å². The molecule has 2 unspecified atom stereocenters. The molecule has 0 aliphatic carbocycles. The van der Waals surface area contributed by atoms with Crippen LogP contribution in [0.3, 0.4) is 0 Å². The molecule has 262 valence electrons. The van der Waals surface area contributed by atoms with E-state index in [1.807, 2.05) is 98.8 Å². The second-order valence-electron chi connectivity index (χ2n) is 13.3. The molecular weight excluding hydrogens is 630 g/mol. The minimum atomic E-state index is -1.28. The van der Waals surface area contributed by atoms with E-state index in [2.05, 4.69) is 13.2 Å². The van der Waals surface area contributed by atoms with Crippen LogP contribution >= 0.6 is 0 Å². The number of fused-ring (bicyclic) bond motifs is 1. The monoisotopic (exact) mass is 677 g/mol. The highest BCUT2D eigenvalue weighted by molar-refractivity contribution is 6.03. The summed E-state index contributed by atoms with van der Waals surface area (Å²) in [7, 11) is 0. The third-order valence-electron chi connectivity index (χ3n) is 10.7. The zero-order chi connectivity index (χ0) is 35.5. The van der Waals surface area contributed by atoms with Crippen molar-refractivity contribution in [2.75, 3.05) is 31.2 Å². The summed E-state index contributed by atoms with van der Waals surface area (Å²) in [5.74, 6) is -2.02. The first-order valence-electron chi connectivity index (χ1n) is 17.6. The van der Waals surface area contributed by atoms with Gasteiger partial charge in [-0.3, -0.25) is 14.4 Å². The Labute approximate surface area is 294 Å². The number of carbonyl (C=O) groups excluding carboxylic acids is 3. The van der Waals surface area contributed by atoms with Gasteiger partial charge in [0.1, 0.15) is 17.4 Å². The molecule has 9 heteroatoms. The number of rotatable bonds is 15. The van der Waals surface area contributed by atoms with Crippen molar-refractivity contribution in [3.8, 4) is 5.75 Å². The van der Waals surface area contributed by atoms with Gasteiger partial charge in [0.05, 0.1) is 36.7 Å². The highest BCUT2D eigenvalue weighted by Crippen LogP contribution is 2.65. The summed E-state index contributed by atoms with van der Waals surface area (Å²) in [6.07, 6.45) is 4.78. The predicted octanol–water partition coefficient (Wildman–Crippen LogP) is 5.71. The van der Waals surface area contributed by atoms with Gasteiger partial charge >= 0.3 is 0 Å². The number of ether oxygens (including phenoxy) is 2. The number of carbonyl (C=O) groups is 3. The molecular formula is C41H47N3O6. The van der Waals surface area contributed by atoms with E-state index in [-0.39, 0.29) is 30.8 Å². The number of aliphatic hydroxyl groups is 1. The minimum Gasteiger partial charge on any atom is -0.494 e. The van der Waals surface area contributed by atoms with Crippen molar-refractivity contribution in [3.05, 3.63) is 121 Å². The Kier molecular flexibility index (Phi) is 10.3. The maximum absolute atomic E-state index is 15.1. The minimum absolute atomic E-state index is 0.219. The normalized spacial score (nSPS) is 25.5. The molecule has 6 rings (SSSR count). The van der Waals surface area contributed by atoms with Gasteiger partial charge in [0.15, 0.2) is 0 Å². The lowest BCUT2D eigenvalue weighted by Crippen LogP contribution is -2.57. The molecule has 50 heavy (non-hydrogen) atoms. The van der Waals surface area contributed by atoms with Gasteiger partial charge in [-0.1, -0.05) is 79.7 Å². The Balaban J connectivity index is 1.47. The van der Waals surface area contributed by atoms with Gasteiger partial charge in [-0.25, -0.2) is 0 Å². The zero-order valence-electron chi connectivity index (χ0n) is 28.9. The summed E-state index contributed by atoms with van der Waals surface area (Å²) in [6, 6.07) is 24.3. The topological polar surface area (TPSA) is 99.6 Å². The Hall–Kier alpha value is -4.73. The van der Waals surface area contributed by atoms with Gasteiger partial charge < -0.3 is 29.3 Å². The zero-order valence-corrected chi connectivity index (χ0v) is 28.9. The van der Waals surface area contributed by atoms with E-state index in [1.54, 1.807) is 22.0 Å². The van der Waals surface area contributed by atoms with Crippen molar-refractivity contribution >= 4 is 23.4 Å². The van der Waals surface area contributed by atoms with Crippen molar-refractivity contribution in [3.63, 3.8) is 0 Å². The lowest BCUT2D eigenvalue weighted by Gasteiger charge is -2.39. The average molecular weight is 678 g/mol. The molecule has 3 saturated heterocycles. The molecule has 9 nitrogen and oxygen atoms in total. The second-order valence-corrected chi connectivity index (χ2v) is 13.3. The van der Waals surface area contributed by atoms with Gasteiger partial charge in [0, 0.05) is 25.3 Å². The lowest BCUT2D eigenvalue weighted by atomic mass is 9.64. The SMILES string of the molecule is C=CCN(Cc1ccccc1)C(=O)C1N([C@H](CO)c2ccccc2)C(=O)[C@@H]2[C@H](C(=O)N(CC=C)c3ccc(OCC)cc3)[C@]3(CC)CCC12O3. The number of aliphatic hydroxyl groups excluding tert-OH is 1. The van der Waals surface area contributed by atoms with Gasteiger partial charge in [0.2, 0.25) is 17.7 Å². The first kappa shape index (κ1) is 35.1. The molecule has 2 bridgehead atoms. The molecule has 3 aliphatic heterocycles. The van der Waals surface area contributed by atoms with Crippen molar-refractivity contribution in [1.29, 1.82) is 0 Å². The maximum atomic E-state index is 15.1. The number of hydrogen-bond donors (Lipinski definition) is 1. The Morgan fingerprint density at radius 2 is 1.62 bits per heavy atom. The highest BCUT2D eigenvalue weighted by atomic mass is 16.5. The van der Waals surface area contributed by atoms with Crippen LogP contribution in [0.2, 0.25) is 0 Å². The van der Waals surface area contributed by atoms with Gasteiger partial charge in [0.25, 0.3) is 0 Å². The number of nitrogens with zero attached hydrogens (tertiary/aromatic N) is 3. The largest absolute Gasteiger partial charge is 0.494 e. The van der Waals surface area contributed by atoms with E-state index >= 15 is 9.59 Å². The summed E-state index contributed by atoms with van der Waals surface area (Å²) in [4.78, 5) is 50.1. The molecule has 0 aromatic heterocycles. The van der Waals surface area contributed by atoms with Crippen molar-refractivity contribution < 1.29 is 29.0 Å². The highest BCUT2D eigenvalue weighted by Gasteiger charge is 2.79. The van der Waals surface area contributed by atoms with Crippen molar-refractivity contribution in [2.24, 2.45) is 11.8 Å².